The third-order valence-corrected chi connectivity index (χ3v) is 6.36. The smallest absolute Gasteiger partial charge is 0.412 e. The highest BCUT2D eigenvalue weighted by Crippen LogP contribution is 2.34. The lowest BCUT2D eigenvalue weighted by molar-refractivity contribution is 0.0151. The summed E-state index contributed by atoms with van der Waals surface area (Å²) in [5.74, 6) is 0.987. The Morgan fingerprint density at radius 1 is 1.42 bits per heavy atom. The van der Waals surface area contributed by atoms with Gasteiger partial charge >= 0.3 is 6.09 Å². The number of ether oxygens (including phenoxy) is 1. The molecule has 1 aromatic heterocycles. The lowest BCUT2D eigenvalue weighted by atomic mass is 9.79. The molecule has 5 rings (SSSR count). The molecule has 3 fully saturated rings. The maximum atomic E-state index is 13.4. The number of nitrogens with zero attached hydrogens (tertiary/aromatic N) is 2. The van der Waals surface area contributed by atoms with Gasteiger partial charge in [-0.15, -0.1) is 11.3 Å². The van der Waals surface area contributed by atoms with Gasteiger partial charge in [0.1, 0.15) is 5.82 Å². The number of fused-ring (bicyclic) bond motifs is 3. The highest BCUT2D eigenvalue weighted by atomic mass is 35.5. The monoisotopic (exact) mass is 395 g/mol. The minimum Gasteiger partial charge on any atom is -0.449 e. The molecule has 3 aliphatic rings. The number of thiazole rings is 1. The van der Waals surface area contributed by atoms with Crippen LogP contribution in [0.3, 0.4) is 0 Å². The van der Waals surface area contributed by atoms with E-state index in [2.05, 4.69) is 15.2 Å². The lowest BCUT2D eigenvalue weighted by Gasteiger charge is -2.44. The number of carbonyl (C=O) groups excluding carboxylic acids is 1. The number of piperidine rings is 3. The fourth-order valence-electron chi connectivity index (χ4n) is 3.77. The number of amides is 1. The molecule has 4 heterocycles. The summed E-state index contributed by atoms with van der Waals surface area (Å²) in [6.07, 6.45) is 1.87. The average molecular weight is 396 g/mol. The van der Waals surface area contributed by atoms with Gasteiger partial charge in [0.05, 0.1) is 22.0 Å². The predicted molar refractivity (Wildman–Crippen MR) is 100 cm³/mol. The number of hydrogen-bond donors (Lipinski definition) is 1. The maximum Gasteiger partial charge on any atom is 0.412 e. The van der Waals surface area contributed by atoms with E-state index in [1.54, 1.807) is 11.6 Å². The fraction of sp³-hybridized carbons (Fsp3) is 0.444. The van der Waals surface area contributed by atoms with Crippen molar-refractivity contribution in [2.24, 2.45) is 11.8 Å². The molecule has 0 spiro atoms. The van der Waals surface area contributed by atoms with E-state index in [1.807, 2.05) is 0 Å². The van der Waals surface area contributed by atoms with Gasteiger partial charge in [0, 0.05) is 12.5 Å². The Labute approximate surface area is 160 Å². The normalized spacial score (nSPS) is 24.5. The number of benzene rings is 1. The Bertz CT molecular complexity index is 807. The number of nitrogens with one attached hydrogen (secondary N) is 1. The van der Waals surface area contributed by atoms with Crippen LogP contribution in [0.15, 0.2) is 23.7 Å². The van der Waals surface area contributed by atoms with Crippen molar-refractivity contribution in [3.05, 3.63) is 34.5 Å². The molecule has 0 saturated carbocycles. The summed E-state index contributed by atoms with van der Waals surface area (Å²) in [5, 5.41) is 2.73. The number of hydrogen-bond acceptors (Lipinski definition) is 5. The van der Waals surface area contributed by atoms with Gasteiger partial charge in [0.15, 0.2) is 5.82 Å². The minimum atomic E-state index is -0.512. The summed E-state index contributed by atoms with van der Waals surface area (Å²) in [4.78, 5) is 19.5. The van der Waals surface area contributed by atoms with Crippen LogP contribution < -0.4 is 5.32 Å². The van der Waals surface area contributed by atoms with Gasteiger partial charge in [-0.25, -0.2) is 14.2 Å². The zero-order valence-electron chi connectivity index (χ0n) is 14.1. The fourth-order valence-corrected chi connectivity index (χ4v) is 4.69. The second kappa shape index (κ2) is 7.50. The maximum absolute atomic E-state index is 13.4. The second-order valence-electron chi connectivity index (χ2n) is 6.78. The van der Waals surface area contributed by atoms with Gasteiger partial charge in [0.25, 0.3) is 0 Å². The van der Waals surface area contributed by atoms with Crippen LogP contribution in [-0.4, -0.2) is 42.2 Å². The highest BCUT2D eigenvalue weighted by Gasteiger charge is 2.34. The largest absolute Gasteiger partial charge is 0.449 e. The second-order valence-corrected chi connectivity index (χ2v) is 8.04. The Morgan fingerprint density at radius 3 is 2.92 bits per heavy atom. The zero-order valence-corrected chi connectivity index (χ0v) is 15.7. The number of halogens is 2. The van der Waals surface area contributed by atoms with E-state index >= 15 is 0 Å². The van der Waals surface area contributed by atoms with Crippen molar-refractivity contribution in [3.8, 4) is 10.4 Å². The van der Waals surface area contributed by atoms with E-state index in [0.717, 1.165) is 19.6 Å². The van der Waals surface area contributed by atoms with Crippen LogP contribution in [-0.2, 0) is 4.74 Å². The van der Waals surface area contributed by atoms with Crippen molar-refractivity contribution in [1.29, 1.82) is 0 Å². The van der Waals surface area contributed by atoms with E-state index < -0.39 is 11.9 Å². The van der Waals surface area contributed by atoms with Gasteiger partial charge in [0.2, 0.25) is 0 Å². The minimum absolute atomic E-state index is 0.0341. The number of carbonyl (C=O) groups is 1. The summed E-state index contributed by atoms with van der Waals surface area (Å²) in [6, 6.07) is 4.43. The van der Waals surface area contributed by atoms with E-state index in [4.69, 9.17) is 16.3 Å². The molecule has 1 amide bonds. The van der Waals surface area contributed by atoms with Gasteiger partial charge in [-0.2, -0.15) is 0 Å². The van der Waals surface area contributed by atoms with E-state index in [1.165, 1.54) is 36.3 Å². The van der Waals surface area contributed by atoms with Crippen LogP contribution in [0.25, 0.3) is 10.4 Å². The summed E-state index contributed by atoms with van der Waals surface area (Å²) in [6.45, 7) is 3.76. The molecule has 2 bridgehead atoms. The number of anilines is 1. The first-order valence-corrected chi connectivity index (χ1v) is 9.91. The molecule has 1 N–H and O–H groups in total. The van der Waals surface area contributed by atoms with Crippen LogP contribution in [0.2, 0.25) is 5.02 Å². The lowest BCUT2D eigenvalue weighted by Crippen LogP contribution is -2.49. The third kappa shape index (κ3) is 3.70. The van der Waals surface area contributed by atoms with E-state index in [9.17, 15) is 9.18 Å². The van der Waals surface area contributed by atoms with Crippen molar-refractivity contribution in [2.45, 2.75) is 12.8 Å². The summed E-state index contributed by atoms with van der Waals surface area (Å²) in [5.41, 5.74) is 2.32. The average Bonchev–Trinajstić information content (AvgIpc) is 3.11. The van der Waals surface area contributed by atoms with Crippen molar-refractivity contribution in [2.75, 3.05) is 31.6 Å². The van der Waals surface area contributed by atoms with Crippen LogP contribution in [0.4, 0.5) is 15.0 Å². The molecule has 1 atom stereocenters. The summed E-state index contributed by atoms with van der Waals surface area (Å²) in [7, 11) is 0. The standard InChI is InChI=1S/C18H19ClFN3O2S/c19-14-7-12(1-2-15(14)20)16-17(21-10-26-16)22-18(24)25-9-13-8-23-5-3-11(13)4-6-23/h1-2,7,10-11,13H,3-6,8-9H2,(H,22,24). The van der Waals surface area contributed by atoms with Crippen molar-refractivity contribution < 1.29 is 13.9 Å². The van der Waals surface area contributed by atoms with Crippen molar-refractivity contribution >= 4 is 34.8 Å². The number of aromatic nitrogens is 1. The molecule has 3 saturated heterocycles. The van der Waals surface area contributed by atoms with Crippen LogP contribution in [0.5, 0.6) is 0 Å². The van der Waals surface area contributed by atoms with E-state index in [-0.39, 0.29) is 5.02 Å². The molecule has 8 heteroatoms. The Balaban J connectivity index is 1.38. The molecule has 26 heavy (non-hydrogen) atoms. The molecule has 138 valence electrons. The quantitative estimate of drug-likeness (QED) is 0.828. The molecule has 1 aromatic carbocycles. The Hall–Kier alpha value is -1.70. The first kappa shape index (κ1) is 17.7. The summed E-state index contributed by atoms with van der Waals surface area (Å²) < 4.78 is 18.8. The van der Waals surface area contributed by atoms with Gasteiger partial charge in [-0.1, -0.05) is 17.7 Å². The van der Waals surface area contributed by atoms with E-state index in [0.29, 0.717) is 34.7 Å². The SMILES string of the molecule is O=C(Nc1ncsc1-c1ccc(F)c(Cl)c1)OCC1CN2CCC1CC2. The van der Waals surface area contributed by atoms with Gasteiger partial charge < -0.3 is 9.64 Å². The van der Waals surface area contributed by atoms with Gasteiger partial charge in [-0.3, -0.25) is 5.32 Å². The Morgan fingerprint density at radius 2 is 2.23 bits per heavy atom. The third-order valence-electron chi connectivity index (χ3n) is 5.19. The molecular weight excluding hydrogens is 377 g/mol. The van der Waals surface area contributed by atoms with Crippen LogP contribution in [0.1, 0.15) is 12.8 Å². The topological polar surface area (TPSA) is 54.5 Å². The van der Waals surface area contributed by atoms with Crippen molar-refractivity contribution in [3.63, 3.8) is 0 Å². The first-order chi connectivity index (χ1) is 12.6. The predicted octanol–water partition coefficient (Wildman–Crippen LogP) is 4.49. The molecular formula is C18H19ClFN3O2S. The zero-order chi connectivity index (χ0) is 18.1. The molecule has 0 aliphatic carbocycles. The highest BCUT2D eigenvalue weighted by molar-refractivity contribution is 7.13. The van der Waals surface area contributed by atoms with Crippen molar-refractivity contribution in [1.82, 2.24) is 9.88 Å². The molecule has 0 radical (unpaired) electrons. The van der Waals surface area contributed by atoms with Crippen LogP contribution in [0, 0.1) is 17.7 Å². The number of rotatable bonds is 4. The first-order valence-electron chi connectivity index (χ1n) is 8.65. The molecule has 1 unspecified atom stereocenters. The molecule has 5 nitrogen and oxygen atoms in total. The van der Waals surface area contributed by atoms with Crippen LogP contribution >= 0.6 is 22.9 Å². The molecule has 2 aromatic rings. The summed E-state index contributed by atoms with van der Waals surface area (Å²) >= 11 is 7.19. The molecule has 3 aliphatic heterocycles. The van der Waals surface area contributed by atoms with Gasteiger partial charge in [-0.05, 0) is 49.5 Å². The Kier molecular flexibility index (Phi) is 5.11.